The maximum Gasteiger partial charge on any atom is 0.253 e. The van der Waals surface area contributed by atoms with E-state index in [4.69, 9.17) is 5.73 Å². The average molecular weight is 447 g/mol. The van der Waals surface area contributed by atoms with Gasteiger partial charge in [0.1, 0.15) is 0 Å². The molecule has 6 heteroatoms. The smallest absolute Gasteiger partial charge is 0.253 e. The molecule has 0 saturated heterocycles. The zero-order chi connectivity index (χ0) is 23.5. The van der Waals surface area contributed by atoms with Gasteiger partial charge in [-0.3, -0.25) is 9.59 Å². The van der Waals surface area contributed by atoms with E-state index in [0.717, 1.165) is 35.2 Å². The number of hydrogen-bond donors (Lipinski definition) is 2. The molecule has 1 aromatic heterocycles. The van der Waals surface area contributed by atoms with Crippen molar-refractivity contribution in [3.63, 3.8) is 0 Å². The van der Waals surface area contributed by atoms with E-state index in [2.05, 4.69) is 18.0 Å². The Balaban J connectivity index is 1.44. The standard InChI is InChI=1S/C27H34N4O2/c1-18-22-10-6-7-11-24(22)29-25(18)17-31(3)27(33)20-12-13-23(28)21(15-20)16-30(2)26(32)14-19-8-4-5-9-19/h6-7,10-13,15,19,29H,4-5,8-9,14,16-17,28H2,1-3H3. The molecule has 0 bridgehead atoms. The molecule has 3 aromatic rings. The molecular formula is C27H34N4O2. The van der Waals surface area contributed by atoms with Crippen LogP contribution >= 0.6 is 0 Å². The summed E-state index contributed by atoms with van der Waals surface area (Å²) in [5.41, 5.74) is 11.4. The third-order valence-electron chi connectivity index (χ3n) is 6.97. The van der Waals surface area contributed by atoms with E-state index in [1.807, 2.05) is 31.3 Å². The Labute approximate surface area is 195 Å². The SMILES string of the molecule is Cc1c(CN(C)C(=O)c2ccc(N)c(CN(C)C(=O)CC3CCCC3)c2)[nH]c2ccccc12. The van der Waals surface area contributed by atoms with Crippen molar-refractivity contribution in [2.24, 2.45) is 5.92 Å². The molecule has 1 saturated carbocycles. The highest BCUT2D eigenvalue weighted by atomic mass is 16.2. The lowest BCUT2D eigenvalue weighted by atomic mass is 10.0. The van der Waals surface area contributed by atoms with Gasteiger partial charge in [0.05, 0.1) is 6.54 Å². The summed E-state index contributed by atoms with van der Waals surface area (Å²) in [5, 5.41) is 1.17. The second-order valence-corrected chi connectivity index (χ2v) is 9.45. The van der Waals surface area contributed by atoms with Crippen LogP contribution in [0.1, 0.15) is 59.3 Å². The molecule has 1 aliphatic rings. The molecule has 0 atom stereocenters. The molecule has 4 rings (SSSR count). The summed E-state index contributed by atoms with van der Waals surface area (Å²) in [6, 6.07) is 13.5. The van der Waals surface area contributed by atoms with Crippen LogP contribution in [0.4, 0.5) is 5.69 Å². The number of amides is 2. The van der Waals surface area contributed by atoms with Crippen molar-refractivity contribution in [3.05, 3.63) is 64.8 Å². The minimum atomic E-state index is -0.0748. The molecule has 0 aliphatic heterocycles. The number of para-hydroxylation sites is 1. The molecule has 2 amide bonds. The van der Waals surface area contributed by atoms with Crippen molar-refractivity contribution in [3.8, 4) is 0 Å². The van der Waals surface area contributed by atoms with Gasteiger partial charge in [0.15, 0.2) is 0 Å². The molecule has 174 valence electrons. The summed E-state index contributed by atoms with van der Waals surface area (Å²) in [5.74, 6) is 0.575. The number of carbonyl (C=O) groups is 2. The van der Waals surface area contributed by atoms with Crippen molar-refractivity contribution < 1.29 is 9.59 Å². The van der Waals surface area contributed by atoms with Crippen LogP contribution in [0.3, 0.4) is 0 Å². The first-order valence-corrected chi connectivity index (χ1v) is 11.8. The first-order chi connectivity index (χ1) is 15.8. The third kappa shape index (κ3) is 5.05. The maximum atomic E-state index is 13.2. The van der Waals surface area contributed by atoms with Gasteiger partial charge in [-0.15, -0.1) is 0 Å². The molecule has 1 heterocycles. The fourth-order valence-corrected chi connectivity index (χ4v) is 4.86. The van der Waals surface area contributed by atoms with Crippen LogP contribution in [0.2, 0.25) is 0 Å². The van der Waals surface area contributed by atoms with Crippen LogP contribution in [-0.2, 0) is 17.9 Å². The molecule has 6 nitrogen and oxygen atoms in total. The summed E-state index contributed by atoms with van der Waals surface area (Å²) in [6.45, 7) is 2.97. The molecular weight excluding hydrogens is 412 g/mol. The zero-order valence-electron chi connectivity index (χ0n) is 19.9. The molecule has 0 spiro atoms. The van der Waals surface area contributed by atoms with Crippen molar-refractivity contribution in [2.75, 3.05) is 19.8 Å². The van der Waals surface area contributed by atoms with Gasteiger partial charge in [-0.05, 0) is 61.1 Å². The Morgan fingerprint density at radius 1 is 1.03 bits per heavy atom. The Hall–Kier alpha value is -3.28. The van der Waals surface area contributed by atoms with E-state index >= 15 is 0 Å². The van der Waals surface area contributed by atoms with Gasteiger partial charge >= 0.3 is 0 Å². The average Bonchev–Trinajstić information content (AvgIpc) is 3.42. The number of nitrogens with zero attached hydrogens (tertiary/aromatic N) is 2. The number of benzene rings is 2. The second kappa shape index (κ2) is 9.69. The Morgan fingerprint density at radius 3 is 2.48 bits per heavy atom. The van der Waals surface area contributed by atoms with E-state index < -0.39 is 0 Å². The van der Waals surface area contributed by atoms with E-state index in [1.165, 1.54) is 18.2 Å². The Bertz CT molecular complexity index is 1160. The highest BCUT2D eigenvalue weighted by molar-refractivity contribution is 5.95. The number of aromatic amines is 1. The van der Waals surface area contributed by atoms with Crippen LogP contribution in [0.25, 0.3) is 10.9 Å². The molecule has 3 N–H and O–H groups in total. The van der Waals surface area contributed by atoms with Gasteiger partial charge in [0, 0.05) is 54.9 Å². The molecule has 33 heavy (non-hydrogen) atoms. The molecule has 1 fully saturated rings. The number of anilines is 1. The van der Waals surface area contributed by atoms with Gasteiger partial charge in [-0.1, -0.05) is 31.0 Å². The van der Waals surface area contributed by atoms with E-state index in [0.29, 0.717) is 36.7 Å². The largest absolute Gasteiger partial charge is 0.398 e. The quantitative estimate of drug-likeness (QED) is 0.508. The first kappa shape index (κ1) is 22.9. The van der Waals surface area contributed by atoms with E-state index in [-0.39, 0.29) is 11.8 Å². The van der Waals surface area contributed by atoms with E-state index in [1.54, 1.807) is 29.0 Å². The van der Waals surface area contributed by atoms with Gasteiger partial charge in [-0.2, -0.15) is 0 Å². The van der Waals surface area contributed by atoms with Crippen molar-refractivity contribution >= 4 is 28.4 Å². The van der Waals surface area contributed by atoms with Crippen LogP contribution in [-0.4, -0.2) is 40.7 Å². The predicted molar refractivity (Wildman–Crippen MR) is 133 cm³/mol. The van der Waals surface area contributed by atoms with Crippen molar-refractivity contribution in [1.29, 1.82) is 0 Å². The second-order valence-electron chi connectivity index (χ2n) is 9.45. The molecule has 1 aliphatic carbocycles. The predicted octanol–water partition coefficient (Wildman–Crippen LogP) is 4.87. The fourth-order valence-electron chi connectivity index (χ4n) is 4.86. The Kier molecular flexibility index (Phi) is 6.72. The highest BCUT2D eigenvalue weighted by Gasteiger charge is 2.22. The summed E-state index contributed by atoms with van der Waals surface area (Å²) in [4.78, 5) is 32.7. The van der Waals surface area contributed by atoms with Crippen LogP contribution in [0.15, 0.2) is 42.5 Å². The van der Waals surface area contributed by atoms with Gasteiger partial charge in [0.25, 0.3) is 5.91 Å². The zero-order valence-corrected chi connectivity index (χ0v) is 19.9. The number of fused-ring (bicyclic) bond motifs is 1. The van der Waals surface area contributed by atoms with Crippen LogP contribution in [0, 0.1) is 12.8 Å². The number of nitrogen functional groups attached to an aromatic ring is 1. The summed E-state index contributed by atoms with van der Waals surface area (Å²) < 4.78 is 0. The van der Waals surface area contributed by atoms with E-state index in [9.17, 15) is 9.59 Å². The summed E-state index contributed by atoms with van der Waals surface area (Å²) in [6.07, 6.45) is 5.35. The summed E-state index contributed by atoms with van der Waals surface area (Å²) >= 11 is 0. The number of nitrogens with two attached hydrogens (primary N) is 1. The van der Waals surface area contributed by atoms with Crippen molar-refractivity contribution in [2.45, 2.75) is 52.1 Å². The number of carbonyl (C=O) groups excluding carboxylic acids is 2. The number of aryl methyl sites for hydroxylation is 1. The number of rotatable bonds is 7. The van der Waals surface area contributed by atoms with Crippen LogP contribution < -0.4 is 5.73 Å². The van der Waals surface area contributed by atoms with Gasteiger partial charge < -0.3 is 20.5 Å². The monoisotopic (exact) mass is 446 g/mol. The topological polar surface area (TPSA) is 82.4 Å². The lowest BCUT2D eigenvalue weighted by Crippen LogP contribution is -2.29. The fraction of sp³-hybridized carbons (Fsp3) is 0.407. The third-order valence-corrected chi connectivity index (χ3v) is 6.97. The number of aromatic nitrogens is 1. The number of H-pyrrole nitrogens is 1. The van der Waals surface area contributed by atoms with Gasteiger partial charge in [-0.25, -0.2) is 0 Å². The minimum Gasteiger partial charge on any atom is -0.398 e. The van der Waals surface area contributed by atoms with Crippen molar-refractivity contribution in [1.82, 2.24) is 14.8 Å². The van der Waals surface area contributed by atoms with Gasteiger partial charge in [0.2, 0.25) is 5.91 Å². The highest BCUT2D eigenvalue weighted by Crippen LogP contribution is 2.28. The minimum absolute atomic E-state index is 0.0748. The normalized spacial score (nSPS) is 14.0. The summed E-state index contributed by atoms with van der Waals surface area (Å²) in [7, 11) is 3.62. The lowest BCUT2D eigenvalue weighted by molar-refractivity contribution is -0.131. The van der Waals surface area contributed by atoms with Crippen LogP contribution in [0.5, 0.6) is 0 Å². The lowest BCUT2D eigenvalue weighted by Gasteiger charge is -2.22. The molecule has 0 radical (unpaired) electrons. The first-order valence-electron chi connectivity index (χ1n) is 11.8. The number of hydrogen-bond acceptors (Lipinski definition) is 3. The molecule has 0 unspecified atom stereocenters. The Morgan fingerprint density at radius 2 is 1.76 bits per heavy atom. The maximum absolute atomic E-state index is 13.2. The molecule has 2 aromatic carbocycles. The number of nitrogens with one attached hydrogen (secondary N) is 1.